The summed E-state index contributed by atoms with van der Waals surface area (Å²) in [5.41, 5.74) is 4.57. The van der Waals surface area contributed by atoms with Gasteiger partial charge in [-0.05, 0) is 50.6 Å². The van der Waals surface area contributed by atoms with E-state index in [2.05, 4.69) is 20.4 Å². The topological polar surface area (TPSA) is 81.4 Å². The molecule has 4 rings (SSSR count). The SMILES string of the molecule is COc1ccc(-c2cc3nc([C@@H](C)NC(=O)C(C)c4ccc(C)cc4)nn3cn2)cc1. The van der Waals surface area contributed by atoms with Crippen LogP contribution in [-0.4, -0.2) is 32.6 Å². The highest BCUT2D eigenvalue weighted by molar-refractivity contribution is 5.83. The van der Waals surface area contributed by atoms with E-state index >= 15 is 0 Å². The van der Waals surface area contributed by atoms with Gasteiger partial charge >= 0.3 is 0 Å². The molecule has 0 saturated carbocycles. The number of hydrogen-bond acceptors (Lipinski definition) is 5. The van der Waals surface area contributed by atoms with Crippen molar-refractivity contribution in [2.45, 2.75) is 32.7 Å². The summed E-state index contributed by atoms with van der Waals surface area (Å²) in [6.07, 6.45) is 1.63. The van der Waals surface area contributed by atoms with E-state index in [1.165, 1.54) is 5.56 Å². The Balaban J connectivity index is 1.50. The average molecular weight is 415 g/mol. The van der Waals surface area contributed by atoms with Crippen LogP contribution in [0.2, 0.25) is 0 Å². The van der Waals surface area contributed by atoms with Crippen LogP contribution in [-0.2, 0) is 4.79 Å². The summed E-state index contributed by atoms with van der Waals surface area (Å²) in [5.74, 6) is 1.01. The van der Waals surface area contributed by atoms with Crippen molar-refractivity contribution in [3.05, 3.63) is 77.9 Å². The minimum absolute atomic E-state index is 0.0627. The van der Waals surface area contributed by atoms with E-state index < -0.39 is 0 Å². The number of benzene rings is 2. The van der Waals surface area contributed by atoms with Gasteiger partial charge in [0.05, 0.1) is 24.8 Å². The molecule has 0 aliphatic rings. The quantitative estimate of drug-likeness (QED) is 0.513. The van der Waals surface area contributed by atoms with Crippen LogP contribution in [0, 0.1) is 6.92 Å². The molecule has 1 unspecified atom stereocenters. The summed E-state index contributed by atoms with van der Waals surface area (Å²) in [7, 11) is 1.64. The zero-order chi connectivity index (χ0) is 22.0. The molecule has 0 saturated heterocycles. The predicted octanol–water partition coefficient (Wildman–Crippen LogP) is 4.09. The first-order valence-corrected chi connectivity index (χ1v) is 10.2. The lowest BCUT2D eigenvalue weighted by Crippen LogP contribution is -2.31. The maximum atomic E-state index is 12.7. The average Bonchev–Trinajstić information content (AvgIpc) is 3.23. The van der Waals surface area contributed by atoms with Crippen LogP contribution in [0.1, 0.15) is 42.8 Å². The largest absolute Gasteiger partial charge is 0.497 e. The van der Waals surface area contributed by atoms with E-state index in [-0.39, 0.29) is 17.9 Å². The van der Waals surface area contributed by atoms with E-state index in [1.807, 2.05) is 75.4 Å². The molecule has 0 bridgehead atoms. The van der Waals surface area contributed by atoms with Crippen molar-refractivity contribution in [2.75, 3.05) is 7.11 Å². The Bertz CT molecular complexity index is 1200. The van der Waals surface area contributed by atoms with E-state index in [4.69, 9.17) is 4.74 Å². The van der Waals surface area contributed by atoms with Crippen molar-refractivity contribution in [2.24, 2.45) is 0 Å². The number of nitrogens with zero attached hydrogens (tertiary/aromatic N) is 4. The molecule has 0 spiro atoms. The van der Waals surface area contributed by atoms with Crippen molar-refractivity contribution in [3.63, 3.8) is 0 Å². The van der Waals surface area contributed by atoms with Crippen LogP contribution >= 0.6 is 0 Å². The van der Waals surface area contributed by atoms with Crippen LogP contribution in [0.5, 0.6) is 5.75 Å². The second kappa shape index (κ2) is 8.55. The fourth-order valence-corrected chi connectivity index (χ4v) is 3.32. The maximum Gasteiger partial charge on any atom is 0.227 e. The van der Waals surface area contributed by atoms with Crippen LogP contribution in [0.3, 0.4) is 0 Å². The molecule has 7 heteroatoms. The molecular weight excluding hydrogens is 390 g/mol. The Hall–Kier alpha value is -3.74. The molecule has 0 aliphatic heterocycles. The first-order valence-electron chi connectivity index (χ1n) is 10.2. The van der Waals surface area contributed by atoms with Gasteiger partial charge < -0.3 is 10.1 Å². The monoisotopic (exact) mass is 415 g/mol. The van der Waals surface area contributed by atoms with Crippen molar-refractivity contribution < 1.29 is 9.53 Å². The van der Waals surface area contributed by atoms with Crippen LogP contribution < -0.4 is 10.1 Å². The molecule has 0 fully saturated rings. The zero-order valence-electron chi connectivity index (χ0n) is 18.0. The third-order valence-electron chi connectivity index (χ3n) is 5.35. The number of aromatic nitrogens is 4. The number of fused-ring (bicyclic) bond motifs is 1. The fraction of sp³-hybridized carbons (Fsp3) is 0.250. The number of hydrogen-bond donors (Lipinski definition) is 1. The van der Waals surface area contributed by atoms with E-state index in [0.717, 1.165) is 22.6 Å². The summed E-state index contributed by atoms with van der Waals surface area (Å²) in [6.45, 7) is 5.81. The number of methoxy groups -OCH3 is 1. The number of carbonyl (C=O) groups is 1. The van der Waals surface area contributed by atoms with Gasteiger partial charge in [-0.25, -0.2) is 14.5 Å². The normalized spacial score (nSPS) is 13.0. The first kappa shape index (κ1) is 20.5. The van der Waals surface area contributed by atoms with Crippen molar-refractivity contribution in [1.82, 2.24) is 24.9 Å². The highest BCUT2D eigenvalue weighted by Gasteiger charge is 2.20. The van der Waals surface area contributed by atoms with Gasteiger partial charge in [-0.3, -0.25) is 4.79 Å². The number of aryl methyl sites for hydroxylation is 1. The zero-order valence-corrected chi connectivity index (χ0v) is 18.0. The number of ether oxygens (including phenoxy) is 1. The van der Waals surface area contributed by atoms with E-state index in [9.17, 15) is 4.79 Å². The van der Waals surface area contributed by atoms with Gasteiger partial charge in [-0.15, -0.1) is 5.10 Å². The molecule has 1 amide bonds. The number of nitrogens with one attached hydrogen (secondary N) is 1. The minimum Gasteiger partial charge on any atom is -0.497 e. The number of rotatable bonds is 6. The third kappa shape index (κ3) is 4.40. The molecule has 2 heterocycles. The minimum atomic E-state index is -0.329. The van der Waals surface area contributed by atoms with E-state index in [1.54, 1.807) is 18.0 Å². The first-order chi connectivity index (χ1) is 14.9. The standard InChI is InChI=1S/C24H25N5O2/c1-15-5-7-18(8-6-15)16(2)24(30)26-17(3)23-27-22-13-21(25-14-29(22)28-23)19-9-11-20(31-4)12-10-19/h5-14,16-17H,1-4H3,(H,26,30)/t16?,17-/m1/s1. The van der Waals surface area contributed by atoms with Crippen molar-refractivity contribution in [1.29, 1.82) is 0 Å². The lowest BCUT2D eigenvalue weighted by Gasteiger charge is -2.16. The third-order valence-corrected chi connectivity index (χ3v) is 5.35. The molecule has 158 valence electrons. The van der Waals surface area contributed by atoms with E-state index in [0.29, 0.717) is 11.5 Å². The van der Waals surface area contributed by atoms with Crippen LogP contribution in [0.15, 0.2) is 60.9 Å². The Kier molecular flexibility index (Phi) is 5.66. The Labute approximate surface area is 181 Å². The second-order valence-corrected chi connectivity index (χ2v) is 7.64. The molecule has 1 N–H and O–H groups in total. The summed E-state index contributed by atoms with van der Waals surface area (Å²) in [5, 5.41) is 7.50. The molecule has 2 aromatic heterocycles. The molecule has 4 aromatic rings. The summed E-state index contributed by atoms with van der Waals surface area (Å²) in [4.78, 5) is 21.8. The van der Waals surface area contributed by atoms with Crippen LogP contribution in [0.4, 0.5) is 0 Å². The van der Waals surface area contributed by atoms with Crippen molar-refractivity contribution >= 4 is 11.6 Å². The van der Waals surface area contributed by atoms with Gasteiger partial charge in [0.25, 0.3) is 0 Å². The molecule has 0 radical (unpaired) electrons. The smallest absolute Gasteiger partial charge is 0.227 e. The highest BCUT2D eigenvalue weighted by atomic mass is 16.5. The lowest BCUT2D eigenvalue weighted by atomic mass is 9.99. The highest BCUT2D eigenvalue weighted by Crippen LogP contribution is 2.22. The van der Waals surface area contributed by atoms with Crippen molar-refractivity contribution in [3.8, 4) is 17.0 Å². The lowest BCUT2D eigenvalue weighted by molar-refractivity contribution is -0.122. The molecule has 31 heavy (non-hydrogen) atoms. The second-order valence-electron chi connectivity index (χ2n) is 7.64. The van der Waals surface area contributed by atoms with Crippen LogP contribution in [0.25, 0.3) is 16.9 Å². The Morgan fingerprint density at radius 3 is 2.45 bits per heavy atom. The van der Waals surface area contributed by atoms with Gasteiger partial charge in [0.1, 0.15) is 12.1 Å². The van der Waals surface area contributed by atoms with Gasteiger partial charge in [0.15, 0.2) is 11.5 Å². The van der Waals surface area contributed by atoms with Gasteiger partial charge in [0, 0.05) is 11.6 Å². The fourth-order valence-electron chi connectivity index (χ4n) is 3.32. The number of carbonyl (C=O) groups excluding carboxylic acids is 1. The Morgan fingerprint density at radius 2 is 1.77 bits per heavy atom. The molecular formula is C24H25N5O2. The Morgan fingerprint density at radius 1 is 1.06 bits per heavy atom. The molecule has 7 nitrogen and oxygen atoms in total. The van der Waals surface area contributed by atoms with Gasteiger partial charge in [0.2, 0.25) is 5.91 Å². The number of amides is 1. The molecule has 0 aliphatic carbocycles. The molecule has 2 aromatic carbocycles. The summed E-state index contributed by atoms with van der Waals surface area (Å²) < 4.78 is 6.82. The summed E-state index contributed by atoms with van der Waals surface area (Å²) in [6, 6.07) is 17.2. The summed E-state index contributed by atoms with van der Waals surface area (Å²) >= 11 is 0. The maximum absolute atomic E-state index is 12.7. The predicted molar refractivity (Wildman–Crippen MR) is 119 cm³/mol. The van der Waals surface area contributed by atoms with Gasteiger partial charge in [-0.1, -0.05) is 29.8 Å². The molecule has 2 atom stereocenters. The van der Waals surface area contributed by atoms with Gasteiger partial charge in [-0.2, -0.15) is 0 Å².